The van der Waals surface area contributed by atoms with Crippen molar-refractivity contribution >= 4 is 272 Å². The molecule has 0 atom stereocenters. The molecule has 0 aromatic heterocycles. The van der Waals surface area contributed by atoms with Crippen LogP contribution in [0.25, 0.3) is 0 Å². The van der Waals surface area contributed by atoms with E-state index in [1.807, 2.05) is 273 Å². The Hall–Kier alpha value is -4.26. The number of halogens is 18. The molecule has 6 nitrogen and oxygen atoms in total. The second-order valence-electron chi connectivity index (χ2n) is 20.2. The Morgan fingerprint density at radius 3 is 0.333 bits per heavy atom. The van der Waals surface area contributed by atoms with Crippen LogP contribution in [0, 0.1) is 118 Å². The predicted octanol–water partition coefficient (Wildman–Crippen LogP) is 23.3. The fourth-order valence-electron chi connectivity index (χ4n) is 8.82. The third kappa shape index (κ3) is 25.4. The monoisotopic (exact) mass is 2490 g/mol. The molecule has 0 aliphatic rings. The molecule has 0 aliphatic carbocycles. The third-order valence-electron chi connectivity index (χ3n) is 13.5. The first kappa shape index (κ1) is 93.1. The molecule has 0 unspecified atom stereocenters. The van der Waals surface area contributed by atoms with Gasteiger partial charge in [0.15, 0.2) is 73.8 Å². The summed E-state index contributed by atoms with van der Waals surface area (Å²) in [6.07, 6.45) is 0. The zero-order valence-corrected chi connectivity index (χ0v) is 76.8. The van der Waals surface area contributed by atoms with E-state index in [0.29, 0.717) is 0 Å². The van der Waals surface area contributed by atoms with Crippen LogP contribution >= 0.6 is 225 Å². The fraction of sp³-hybridized carbons (Fsp3) is 0.0385. The van der Waals surface area contributed by atoms with Crippen LogP contribution in [0.5, 0.6) is 0 Å². The second-order valence-corrected chi connectivity index (χ2v) is 38.2. The normalized spacial score (nSPS) is 10.2. The van der Waals surface area contributed by atoms with Gasteiger partial charge in [0.2, 0.25) is 0 Å². The second kappa shape index (κ2) is 47.7. The standard InChI is InChI=1S/3C18H15OP.3C6F3I3.3C2H3N/c3*19-20(16-10-4-1-5-11-16,17-12-6-2-7-13-17)18-14-8-3-9-15-18;3*7-1-4(10)2(8)6(12)3(9)5(1)11;3*1-2-3/h3*1-15H;;;;3*1H3. The molecule has 540 valence electrons. The quantitative estimate of drug-likeness (QED) is 0.0466. The van der Waals surface area contributed by atoms with Gasteiger partial charge in [-0.15, -0.1) is 0 Å². The van der Waals surface area contributed by atoms with Gasteiger partial charge in [0.25, 0.3) is 0 Å². The highest BCUT2D eigenvalue weighted by Gasteiger charge is 2.32. The van der Waals surface area contributed by atoms with Crippen molar-refractivity contribution in [2.75, 3.05) is 0 Å². The highest BCUT2D eigenvalue weighted by molar-refractivity contribution is 14.1. The first-order chi connectivity index (χ1) is 50.1. The lowest BCUT2D eigenvalue weighted by Crippen LogP contribution is -2.24. The molecule has 105 heavy (non-hydrogen) atoms. The fourth-order valence-corrected chi connectivity index (χ4v) is 26.3. The molecular weight excluding hydrogens is 2430 g/mol. The molecular formula is C78H54F9I9N3O3P3. The van der Waals surface area contributed by atoms with Crippen LogP contribution < -0.4 is 47.7 Å². The molecule has 0 radical (unpaired) electrons. The van der Waals surface area contributed by atoms with E-state index in [9.17, 15) is 53.2 Å². The molecule has 12 aromatic carbocycles. The summed E-state index contributed by atoms with van der Waals surface area (Å²) in [5.74, 6) is -7.44. The van der Waals surface area contributed by atoms with E-state index in [1.54, 1.807) is 18.2 Å². The molecule has 0 saturated carbocycles. The Balaban J connectivity index is 0.000000264. The van der Waals surface area contributed by atoms with E-state index in [0.717, 1.165) is 47.7 Å². The SMILES string of the molecule is CC#N.CC#N.CC#N.Fc1c(I)c(F)c(I)c(F)c1I.Fc1c(I)c(F)c(I)c(F)c1I.Fc1c(I)c(F)c(I)c(F)c1I.O=P(c1ccccc1)(c1ccccc1)c1ccccc1.O=P(c1ccccc1)(c1ccccc1)c1ccccc1.O=P(c1ccccc1)(c1ccccc1)c1ccccc1. The number of hydrogen-bond acceptors (Lipinski definition) is 6. The van der Waals surface area contributed by atoms with E-state index in [4.69, 9.17) is 15.8 Å². The minimum absolute atomic E-state index is 0.164. The van der Waals surface area contributed by atoms with Gasteiger partial charge in [0.1, 0.15) is 0 Å². The minimum atomic E-state index is -2.78. The maximum Gasteiger partial charge on any atom is 0.171 e. The van der Waals surface area contributed by atoms with Crippen molar-refractivity contribution in [1.29, 1.82) is 15.8 Å². The van der Waals surface area contributed by atoms with Gasteiger partial charge in [-0.1, -0.05) is 273 Å². The molecule has 0 aliphatic heterocycles. The molecule has 12 rings (SSSR count). The maximum absolute atomic E-state index is 13.8. The van der Waals surface area contributed by atoms with Crippen LogP contribution in [0.4, 0.5) is 39.5 Å². The van der Waals surface area contributed by atoms with Gasteiger partial charge in [-0.05, 0) is 203 Å². The Morgan fingerprint density at radius 2 is 0.267 bits per heavy atom. The van der Waals surface area contributed by atoms with Crippen molar-refractivity contribution in [1.82, 2.24) is 0 Å². The number of nitriles is 3. The van der Waals surface area contributed by atoms with Crippen LogP contribution in [-0.2, 0) is 13.7 Å². The third-order valence-corrected chi connectivity index (χ3v) is 31.3. The lowest BCUT2D eigenvalue weighted by molar-refractivity contribution is 0.514. The van der Waals surface area contributed by atoms with Gasteiger partial charge < -0.3 is 13.7 Å². The van der Waals surface area contributed by atoms with Crippen molar-refractivity contribution in [3.63, 3.8) is 0 Å². The maximum atomic E-state index is 13.8. The summed E-state index contributed by atoms with van der Waals surface area (Å²) >= 11 is 13.6. The van der Waals surface area contributed by atoms with Crippen molar-refractivity contribution < 1.29 is 53.2 Å². The number of hydrogen-bond donors (Lipinski definition) is 0. The molecule has 0 spiro atoms. The van der Waals surface area contributed by atoms with E-state index in [-0.39, 0.29) is 32.1 Å². The zero-order valence-electron chi connectivity index (χ0n) is 54.7. The molecule has 0 fully saturated rings. The summed E-state index contributed by atoms with van der Waals surface area (Å²) in [5.41, 5.74) is 0. The highest BCUT2D eigenvalue weighted by atomic mass is 127. The topological polar surface area (TPSA) is 123 Å². The van der Waals surface area contributed by atoms with Gasteiger partial charge in [-0.2, -0.15) is 15.8 Å². The average molecular weight is 2490 g/mol. The van der Waals surface area contributed by atoms with Crippen LogP contribution in [0.15, 0.2) is 273 Å². The molecule has 12 aromatic rings. The predicted molar refractivity (Wildman–Crippen MR) is 485 cm³/mol. The van der Waals surface area contributed by atoms with Crippen LogP contribution in [-0.4, -0.2) is 0 Å². The minimum Gasteiger partial charge on any atom is -0.309 e. The number of nitrogens with zero attached hydrogens (tertiary/aromatic N) is 3. The summed E-state index contributed by atoms with van der Waals surface area (Å²) in [6, 6.07) is 92.7. The molecule has 0 N–H and O–H groups in total. The van der Waals surface area contributed by atoms with Crippen molar-refractivity contribution in [3.05, 3.63) is 357 Å². The van der Waals surface area contributed by atoms with Crippen LogP contribution in [0.3, 0.4) is 0 Å². The average Bonchev–Trinajstić information content (AvgIpc) is 0.777. The zero-order chi connectivity index (χ0) is 78.0. The van der Waals surface area contributed by atoms with Crippen molar-refractivity contribution in [2.45, 2.75) is 20.8 Å². The Morgan fingerprint density at radius 1 is 0.200 bits per heavy atom. The number of rotatable bonds is 9. The lowest BCUT2D eigenvalue weighted by atomic mass is 10.3. The molecule has 0 saturated heterocycles. The highest BCUT2D eigenvalue weighted by Crippen LogP contribution is 2.44. The van der Waals surface area contributed by atoms with Gasteiger partial charge in [-0.25, -0.2) is 39.5 Å². The lowest BCUT2D eigenvalue weighted by Gasteiger charge is -2.19. The summed E-state index contributed by atoms with van der Waals surface area (Å²) in [6.45, 7) is 4.29. The molecule has 0 heterocycles. The number of benzene rings is 12. The van der Waals surface area contributed by atoms with Gasteiger partial charge >= 0.3 is 0 Å². The Bertz CT molecular complexity index is 3930. The van der Waals surface area contributed by atoms with Crippen molar-refractivity contribution in [3.8, 4) is 18.2 Å². The van der Waals surface area contributed by atoms with Gasteiger partial charge in [0, 0.05) is 68.5 Å². The van der Waals surface area contributed by atoms with Gasteiger partial charge in [0.05, 0.1) is 50.3 Å². The summed E-state index contributed by atoms with van der Waals surface area (Å²) in [4.78, 5) is 0. The van der Waals surface area contributed by atoms with Crippen LogP contribution in [0.1, 0.15) is 20.8 Å². The van der Waals surface area contributed by atoms with Crippen LogP contribution in [0.2, 0.25) is 0 Å². The first-order valence-electron chi connectivity index (χ1n) is 29.8. The Labute approximate surface area is 727 Å². The Kier molecular flexibility index (Phi) is 42.3. The van der Waals surface area contributed by atoms with E-state index < -0.39 is 73.8 Å². The summed E-state index contributed by atoms with van der Waals surface area (Å²) < 4.78 is 156. The van der Waals surface area contributed by atoms with E-state index in [2.05, 4.69) is 0 Å². The van der Waals surface area contributed by atoms with Gasteiger partial charge in [-0.3, -0.25) is 0 Å². The smallest absolute Gasteiger partial charge is 0.171 e. The first-order valence-corrected chi connectivity index (χ1v) is 44.7. The molecule has 27 heteroatoms. The molecule has 0 amide bonds. The summed E-state index contributed by atoms with van der Waals surface area (Å²) in [7, 11) is -8.33. The molecule has 0 bridgehead atoms. The van der Waals surface area contributed by atoms with E-state index in [1.165, 1.54) is 224 Å². The summed E-state index contributed by atoms with van der Waals surface area (Å²) in [5, 5.41) is 29.8. The van der Waals surface area contributed by atoms with Crippen molar-refractivity contribution in [2.24, 2.45) is 0 Å². The van der Waals surface area contributed by atoms with E-state index >= 15 is 0 Å². The largest absolute Gasteiger partial charge is 0.309 e.